The molecule has 1 fully saturated rings. The molecule has 0 bridgehead atoms. The number of amides is 4. The number of hydrogen-bond acceptors (Lipinski definition) is 3. The summed E-state index contributed by atoms with van der Waals surface area (Å²) in [6.07, 6.45) is 0. The Hall–Kier alpha value is -2.44. The van der Waals surface area contributed by atoms with Crippen LogP contribution < -0.4 is 10.6 Å². The molecular formula is C15H18FN3O3. The summed E-state index contributed by atoms with van der Waals surface area (Å²) >= 11 is 0. The number of rotatable bonds is 4. The summed E-state index contributed by atoms with van der Waals surface area (Å²) in [5, 5.41) is 5.18. The Labute approximate surface area is 127 Å². The molecule has 1 aliphatic rings. The highest BCUT2D eigenvalue weighted by atomic mass is 19.1. The Balaban J connectivity index is 2.20. The van der Waals surface area contributed by atoms with Gasteiger partial charge in [0.2, 0.25) is 5.91 Å². The topological polar surface area (TPSA) is 78.5 Å². The van der Waals surface area contributed by atoms with E-state index in [1.807, 2.05) is 0 Å². The number of urea groups is 1. The Morgan fingerprint density at radius 1 is 1.32 bits per heavy atom. The minimum atomic E-state index is -1.30. The third-order valence-electron chi connectivity index (χ3n) is 3.45. The Morgan fingerprint density at radius 2 is 1.91 bits per heavy atom. The number of benzene rings is 1. The van der Waals surface area contributed by atoms with Gasteiger partial charge in [-0.3, -0.25) is 14.5 Å². The summed E-state index contributed by atoms with van der Waals surface area (Å²) in [6, 6.07) is 4.58. The van der Waals surface area contributed by atoms with E-state index in [-0.39, 0.29) is 12.6 Å². The SMILES string of the molecule is CC(C)NC(=O)CN1C(=O)N[C@@](C)(c2ccc(F)cc2)C1=O. The predicted octanol–water partition coefficient (Wildman–Crippen LogP) is 1.12. The number of nitrogens with zero attached hydrogens (tertiary/aromatic N) is 1. The molecule has 2 N–H and O–H groups in total. The van der Waals surface area contributed by atoms with E-state index in [0.717, 1.165) is 4.90 Å². The molecule has 6 nitrogen and oxygen atoms in total. The molecule has 7 heteroatoms. The van der Waals surface area contributed by atoms with Crippen molar-refractivity contribution in [1.82, 2.24) is 15.5 Å². The van der Waals surface area contributed by atoms with Gasteiger partial charge in [0.1, 0.15) is 17.9 Å². The standard InChI is InChI=1S/C15H18FN3O3/c1-9(2)17-12(20)8-19-13(21)15(3,18-14(19)22)10-4-6-11(16)7-5-10/h4-7,9H,8H2,1-3H3,(H,17,20)(H,18,22)/t15-/m0/s1. The number of hydrogen-bond donors (Lipinski definition) is 2. The van der Waals surface area contributed by atoms with Crippen LogP contribution >= 0.6 is 0 Å². The third kappa shape index (κ3) is 2.93. The predicted molar refractivity (Wildman–Crippen MR) is 77.3 cm³/mol. The summed E-state index contributed by atoms with van der Waals surface area (Å²) in [6.45, 7) is 4.75. The van der Waals surface area contributed by atoms with E-state index in [2.05, 4.69) is 10.6 Å². The molecule has 1 heterocycles. The highest BCUT2D eigenvalue weighted by Gasteiger charge is 2.49. The van der Waals surface area contributed by atoms with Crippen molar-refractivity contribution >= 4 is 17.8 Å². The molecule has 1 saturated heterocycles. The van der Waals surface area contributed by atoms with Crippen molar-refractivity contribution < 1.29 is 18.8 Å². The lowest BCUT2D eigenvalue weighted by molar-refractivity contribution is -0.135. The van der Waals surface area contributed by atoms with E-state index in [1.165, 1.54) is 31.2 Å². The van der Waals surface area contributed by atoms with Crippen LogP contribution in [-0.4, -0.2) is 35.3 Å². The van der Waals surface area contributed by atoms with E-state index in [4.69, 9.17) is 0 Å². The second-order valence-electron chi connectivity index (χ2n) is 5.68. The molecule has 0 radical (unpaired) electrons. The highest BCUT2D eigenvalue weighted by molar-refractivity contribution is 6.09. The second kappa shape index (κ2) is 5.75. The first kappa shape index (κ1) is 15.9. The average molecular weight is 307 g/mol. The van der Waals surface area contributed by atoms with Crippen LogP contribution in [0.5, 0.6) is 0 Å². The van der Waals surface area contributed by atoms with E-state index in [9.17, 15) is 18.8 Å². The molecule has 2 rings (SSSR count). The van der Waals surface area contributed by atoms with E-state index in [0.29, 0.717) is 5.56 Å². The molecule has 0 aromatic heterocycles. The van der Waals surface area contributed by atoms with Crippen LogP contribution in [-0.2, 0) is 15.1 Å². The summed E-state index contributed by atoms with van der Waals surface area (Å²) in [5.74, 6) is -1.39. The van der Waals surface area contributed by atoms with Gasteiger partial charge in [-0.2, -0.15) is 0 Å². The molecule has 118 valence electrons. The number of imide groups is 1. The van der Waals surface area contributed by atoms with Crippen LogP contribution in [0.15, 0.2) is 24.3 Å². The Morgan fingerprint density at radius 3 is 2.45 bits per heavy atom. The van der Waals surface area contributed by atoms with Crippen LogP contribution in [0.3, 0.4) is 0 Å². The first-order valence-electron chi connectivity index (χ1n) is 6.93. The van der Waals surface area contributed by atoms with E-state index in [1.54, 1.807) is 13.8 Å². The average Bonchev–Trinajstić information content (AvgIpc) is 2.63. The lowest BCUT2D eigenvalue weighted by Gasteiger charge is -2.22. The number of carbonyl (C=O) groups is 3. The molecule has 1 atom stereocenters. The summed E-state index contributed by atoms with van der Waals surface area (Å²) < 4.78 is 13.0. The van der Waals surface area contributed by atoms with Gasteiger partial charge in [0.15, 0.2) is 0 Å². The van der Waals surface area contributed by atoms with E-state index >= 15 is 0 Å². The van der Waals surface area contributed by atoms with E-state index < -0.39 is 29.2 Å². The van der Waals surface area contributed by atoms with Gasteiger partial charge in [0.25, 0.3) is 5.91 Å². The minimum Gasteiger partial charge on any atom is -0.352 e. The van der Waals surface area contributed by atoms with Gasteiger partial charge in [0, 0.05) is 6.04 Å². The normalized spacial score (nSPS) is 21.2. The monoisotopic (exact) mass is 307 g/mol. The van der Waals surface area contributed by atoms with Crippen LogP contribution in [0.4, 0.5) is 9.18 Å². The smallest absolute Gasteiger partial charge is 0.325 e. The van der Waals surface area contributed by atoms with Crippen molar-refractivity contribution in [3.8, 4) is 0 Å². The first-order valence-corrected chi connectivity index (χ1v) is 6.93. The zero-order valence-corrected chi connectivity index (χ0v) is 12.6. The molecule has 1 aliphatic heterocycles. The van der Waals surface area contributed by atoms with Crippen molar-refractivity contribution in [1.29, 1.82) is 0 Å². The van der Waals surface area contributed by atoms with Crippen molar-refractivity contribution in [3.05, 3.63) is 35.6 Å². The Bertz CT molecular complexity index is 615. The Kier molecular flexibility index (Phi) is 4.16. The third-order valence-corrected chi connectivity index (χ3v) is 3.45. The van der Waals surface area contributed by atoms with Crippen molar-refractivity contribution in [2.75, 3.05) is 6.54 Å². The van der Waals surface area contributed by atoms with Gasteiger partial charge in [-0.15, -0.1) is 0 Å². The number of nitrogens with one attached hydrogen (secondary N) is 2. The van der Waals surface area contributed by atoms with Gasteiger partial charge >= 0.3 is 6.03 Å². The molecule has 0 spiro atoms. The second-order valence-corrected chi connectivity index (χ2v) is 5.68. The fraction of sp³-hybridized carbons (Fsp3) is 0.400. The highest BCUT2D eigenvalue weighted by Crippen LogP contribution is 2.28. The lowest BCUT2D eigenvalue weighted by atomic mass is 9.92. The minimum absolute atomic E-state index is 0.0863. The van der Waals surface area contributed by atoms with Crippen LogP contribution in [0, 0.1) is 5.82 Å². The fourth-order valence-corrected chi connectivity index (χ4v) is 2.33. The van der Waals surface area contributed by atoms with Gasteiger partial charge in [-0.05, 0) is 38.5 Å². The van der Waals surface area contributed by atoms with Gasteiger partial charge in [-0.1, -0.05) is 12.1 Å². The van der Waals surface area contributed by atoms with Gasteiger partial charge in [-0.25, -0.2) is 9.18 Å². The molecule has 1 aromatic rings. The van der Waals surface area contributed by atoms with Crippen LogP contribution in [0.1, 0.15) is 26.3 Å². The summed E-state index contributed by atoms with van der Waals surface area (Å²) in [5.41, 5.74) is -0.845. The number of halogens is 1. The number of carbonyl (C=O) groups excluding carboxylic acids is 3. The summed E-state index contributed by atoms with van der Waals surface area (Å²) in [7, 11) is 0. The maximum Gasteiger partial charge on any atom is 0.325 e. The molecule has 1 aromatic carbocycles. The largest absolute Gasteiger partial charge is 0.352 e. The molecule has 0 saturated carbocycles. The molecule has 4 amide bonds. The van der Waals surface area contributed by atoms with Crippen molar-refractivity contribution in [3.63, 3.8) is 0 Å². The van der Waals surface area contributed by atoms with Crippen LogP contribution in [0.25, 0.3) is 0 Å². The molecule has 22 heavy (non-hydrogen) atoms. The van der Waals surface area contributed by atoms with Crippen molar-refractivity contribution in [2.45, 2.75) is 32.4 Å². The lowest BCUT2D eigenvalue weighted by Crippen LogP contribution is -2.44. The first-order chi connectivity index (χ1) is 10.2. The van der Waals surface area contributed by atoms with Crippen LogP contribution in [0.2, 0.25) is 0 Å². The van der Waals surface area contributed by atoms with Gasteiger partial charge < -0.3 is 10.6 Å². The quantitative estimate of drug-likeness (QED) is 0.818. The maximum absolute atomic E-state index is 13.0. The fourth-order valence-electron chi connectivity index (χ4n) is 2.33. The van der Waals surface area contributed by atoms with Crippen molar-refractivity contribution in [2.24, 2.45) is 0 Å². The molecule has 0 unspecified atom stereocenters. The van der Waals surface area contributed by atoms with Gasteiger partial charge in [0.05, 0.1) is 0 Å². The maximum atomic E-state index is 13.0. The zero-order valence-electron chi connectivity index (χ0n) is 12.6. The molecule has 0 aliphatic carbocycles. The zero-order chi connectivity index (χ0) is 16.5. The summed E-state index contributed by atoms with van der Waals surface area (Å²) in [4.78, 5) is 37.1. The molecular weight excluding hydrogens is 289 g/mol.